The first-order chi connectivity index (χ1) is 8.81. The van der Waals surface area contributed by atoms with Gasteiger partial charge in [-0.3, -0.25) is 9.67 Å². The van der Waals surface area contributed by atoms with Crippen LogP contribution in [-0.4, -0.2) is 21.4 Å². The van der Waals surface area contributed by atoms with Crippen LogP contribution in [0.4, 0.5) is 0 Å². The van der Waals surface area contributed by atoms with Crippen molar-refractivity contribution in [2.45, 2.75) is 25.8 Å². The van der Waals surface area contributed by atoms with Gasteiger partial charge in [-0.25, -0.2) is 0 Å². The Labute approximate surface area is 111 Å². The molecule has 0 fully saturated rings. The van der Waals surface area contributed by atoms with E-state index in [1.807, 2.05) is 18.2 Å². The number of fused-ring (bicyclic) bond motifs is 1. The van der Waals surface area contributed by atoms with Crippen molar-refractivity contribution in [3.63, 3.8) is 0 Å². The summed E-state index contributed by atoms with van der Waals surface area (Å²) in [5, 5.41) is 7.20. The molecule has 0 saturated carbocycles. The van der Waals surface area contributed by atoms with Crippen molar-refractivity contribution in [1.82, 2.24) is 14.8 Å². The van der Waals surface area contributed by atoms with Gasteiger partial charge in [0, 0.05) is 12.0 Å². The van der Waals surface area contributed by atoms with Gasteiger partial charge in [-0.15, -0.1) is 0 Å². The lowest BCUT2D eigenvalue weighted by molar-refractivity contribution is 0.313. The van der Waals surface area contributed by atoms with Gasteiger partial charge in [0.2, 0.25) is 0 Å². The van der Waals surface area contributed by atoms with Crippen LogP contribution in [-0.2, 0) is 6.42 Å². The minimum Gasteiger partial charge on any atom is -0.491 e. The van der Waals surface area contributed by atoms with Gasteiger partial charge in [0.05, 0.1) is 0 Å². The van der Waals surface area contributed by atoms with Crippen LogP contribution in [0.5, 0.6) is 5.75 Å². The molecule has 0 saturated heterocycles. The second-order valence-corrected chi connectivity index (χ2v) is 4.82. The van der Waals surface area contributed by atoms with Gasteiger partial charge in [-0.05, 0) is 24.7 Å². The van der Waals surface area contributed by atoms with E-state index in [0.717, 1.165) is 24.4 Å². The lowest BCUT2D eigenvalue weighted by Gasteiger charge is -2.13. The summed E-state index contributed by atoms with van der Waals surface area (Å²) in [7, 11) is 0. The molecule has 3 rings (SSSR count). The lowest BCUT2D eigenvalue weighted by atomic mass is 10.1. The first-order valence-electron chi connectivity index (χ1n) is 6.18. The number of aryl methyl sites for hydroxylation is 1. The maximum Gasteiger partial charge on any atom is 0.195 e. The predicted octanol–water partition coefficient (Wildman–Crippen LogP) is 2.87. The molecule has 1 aliphatic heterocycles. The minimum atomic E-state index is 0.147. The molecule has 1 N–H and O–H groups in total. The van der Waals surface area contributed by atoms with E-state index < -0.39 is 0 Å². The zero-order valence-electron chi connectivity index (χ0n) is 10.2. The highest BCUT2D eigenvalue weighted by Crippen LogP contribution is 2.35. The van der Waals surface area contributed by atoms with E-state index in [9.17, 15) is 0 Å². The summed E-state index contributed by atoms with van der Waals surface area (Å²) >= 11 is 5.34. The summed E-state index contributed by atoms with van der Waals surface area (Å²) in [6.45, 7) is 2.77. The van der Waals surface area contributed by atoms with E-state index in [-0.39, 0.29) is 6.04 Å². The van der Waals surface area contributed by atoms with Crippen LogP contribution in [0.3, 0.4) is 0 Å². The van der Waals surface area contributed by atoms with Gasteiger partial charge in [-0.1, -0.05) is 25.1 Å². The van der Waals surface area contributed by atoms with E-state index in [1.54, 1.807) is 0 Å². The molecular weight excluding hydrogens is 246 g/mol. The van der Waals surface area contributed by atoms with Gasteiger partial charge in [0.15, 0.2) is 4.77 Å². The zero-order chi connectivity index (χ0) is 12.5. The topological polar surface area (TPSA) is 42.8 Å². The number of rotatable bonds is 3. The number of para-hydroxylation sites is 1. The summed E-state index contributed by atoms with van der Waals surface area (Å²) < 4.78 is 8.47. The highest BCUT2D eigenvalue weighted by atomic mass is 32.1. The Kier molecular flexibility index (Phi) is 2.91. The first kappa shape index (κ1) is 11.5. The number of H-pyrrole nitrogens is 1. The minimum absolute atomic E-state index is 0.147. The van der Waals surface area contributed by atoms with Crippen LogP contribution in [0.1, 0.15) is 30.8 Å². The molecule has 1 aliphatic rings. The third-order valence-electron chi connectivity index (χ3n) is 3.24. The molecule has 2 aromatic rings. The van der Waals surface area contributed by atoms with Gasteiger partial charge in [0.1, 0.15) is 24.2 Å². The Morgan fingerprint density at radius 3 is 3.17 bits per heavy atom. The highest BCUT2D eigenvalue weighted by Gasteiger charge is 2.27. The van der Waals surface area contributed by atoms with Crippen LogP contribution in [0, 0.1) is 4.77 Å². The van der Waals surface area contributed by atoms with Crippen molar-refractivity contribution < 1.29 is 4.74 Å². The molecule has 1 atom stereocenters. The van der Waals surface area contributed by atoms with Crippen LogP contribution >= 0.6 is 12.2 Å². The number of nitrogens with zero attached hydrogens (tertiary/aromatic N) is 2. The van der Waals surface area contributed by atoms with Crippen molar-refractivity contribution in [2.24, 2.45) is 0 Å². The quantitative estimate of drug-likeness (QED) is 0.864. The fourth-order valence-electron chi connectivity index (χ4n) is 2.42. The second kappa shape index (κ2) is 4.57. The molecule has 1 unspecified atom stereocenters. The Bertz CT molecular complexity index is 617. The van der Waals surface area contributed by atoms with E-state index in [4.69, 9.17) is 17.0 Å². The molecule has 4 nitrogen and oxygen atoms in total. The number of ether oxygens (including phenoxy) is 1. The molecule has 0 bridgehead atoms. The number of nitrogens with one attached hydrogen (secondary N) is 1. The van der Waals surface area contributed by atoms with E-state index in [0.29, 0.717) is 11.4 Å². The molecule has 1 aromatic heterocycles. The van der Waals surface area contributed by atoms with Gasteiger partial charge in [-0.2, -0.15) is 5.10 Å². The van der Waals surface area contributed by atoms with E-state index in [1.165, 1.54) is 5.56 Å². The van der Waals surface area contributed by atoms with Crippen molar-refractivity contribution in [1.29, 1.82) is 0 Å². The largest absolute Gasteiger partial charge is 0.491 e. The van der Waals surface area contributed by atoms with Gasteiger partial charge in [0.25, 0.3) is 0 Å². The second-order valence-electron chi connectivity index (χ2n) is 4.43. The Hall–Kier alpha value is -1.62. The molecule has 1 aromatic carbocycles. The maximum atomic E-state index is 5.71. The number of aromatic nitrogens is 3. The zero-order valence-corrected chi connectivity index (χ0v) is 11.0. The van der Waals surface area contributed by atoms with Crippen molar-refractivity contribution in [3.05, 3.63) is 40.4 Å². The normalized spacial score (nSPS) is 17.5. The first-order valence-corrected chi connectivity index (χ1v) is 6.59. The monoisotopic (exact) mass is 261 g/mol. The number of hydrogen-bond donors (Lipinski definition) is 1. The number of hydrogen-bond acceptors (Lipinski definition) is 3. The highest BCUT2D eigenvalue weighted by molar-refractivity contribution is 7.71. The summed E-state index contributed by atoms with van der Waals surface area (Å²) in [4.78, 5) is 0. The molecule has 18 heavy (non-hydrogen) atoms. The third-order valence-corrected chi connectivity index (χ3v) is 3.53. The van der Waals surface area contributed by atoms with Crippen molar-refractivity contribution in [3.8, 4) is 5.75 Å². The number of aromatic amines is 1. The SMILES string of the molecule is CCCc1n[nH]c(=S)n1C1COc2ccccc21. The smallest absolute Gasteiger partial charge is 0.195 e. The fraction of sp³-hybridized carbons (Fsp3) is 0.385. The third kappa shape index (κ3) is 1.75. The summed E-state index contributed by atoms with van der Waals surface area (Å²) in [6.07, 6.45) is 1.97. The Morgan fingerprint density at radius 2 is 2.33 bits per heavy atom. The summed E-state index contributed by atoms with van der Waals surface area (Å²) in [5.74, 6) is 1.96. The summed E-state index contributed by atoms with van der Waals surface area (Å²) in [5.41, 5.74) is 1.19. The van der Waals surface area contributed by atoms with Crippen LogP contribution in [0.15, 0.2) is 24.3 Å². The van der Waals surface area contributed by atoms with Crippen LogP contribution in [0.25, 0.3) is 0 Å². The average molecular weight is 261 g/mol. The molecule has 0 spiro atoms. The van der Waals surface area contributed by atoms with Crippen molar-refractivity contribution >= 4 is 12.2 Å². The van der Waals surface area contributed by atoms with E-state index in [2.05, 4.69) is 27.8 Å². The molecule has 5 heteroatoms. The Morgan fingerprint density at radius 1 is 1.50 bits per heavy atom. The van der Waals surface area contributed by atoms with Gasteiger partial charge >= 0.3 is 0 Å². The van der Waals surface area contributed by atoms with Crippen LogP contribution < -0.4 is 4.74 Å². The van der Waals surface area contributed by atoms with E-state index >= 15 is 0 Å². The average Bonchev–Trinajstić information content (AvgIpc) is 2.94. The maximum absolute atomic E-state index is 5.71. The molecule has 94 valence electrons. The Balaban J connectivity index is 2.07. The van der Waals surface area contributed by atoms with Crippen LogP contribution in [0.2, 0.25) is 0 Å². The molecular formula is C13H15N3OS. The molecule has 2 heterocycles. The predicted molar refractivity (Wildman–Crippen MR) is 71.5 cm³/mol. The number of benzene rings is 1. The molecule has 0 aliphatic carbocycles. The van der Waals surface area contributed by atoms with Crippen molar-refractivity contribution in [2.75, 3.05) is 6.61 Å². The molecule has 0 radical (unpaired) electrons. The van der Waals surface area contributed by atoms with Gasteiger partial charge < -0.3 is 4.74 Å². The molecule has 0 amide bonds. The summed E-state index contributed by atoms with van der Waals surface area (Å²) in [6, 6.07) is 8.26. The lowest BCUT2D eigenvalue weighted by Crippen LogP contribution is -2.15. The standard InChI is InChI=1S/C13H15N3OS/c1-2-5-12-14-15-13(18)16(12)10-8-17-11-7-4-3-6-9(10)11/h3-4,6-7,10H,2,5,8H2,1H3,(H,15,18). The fourth-order valence-corrected chi connectivity index (χ4v) is 2.70.